The maximum atomic E-state index is 13.2. The van der Waals surface area contributed by atoms with Crippen LogP contribution in [0.25, 0.3) is 90.9 Å². The summed E-state index contributed by atoms with van der Waals surface area (Å²) in [4.78, 5) is 120. The van der Waals surface area contributed by atoms with Crippen molar-refractivity contribution in [1.82, 2.24) is 34.9 Å². The van der Waals surface area contributed by atoms with Gasteiger partial charge in [-0.3, -0.25) is 48.5 Å². The summed E-state index contributed by atoms with van der Waals surface area (Å²) in [7, 11) is 0. The zero-order valence-corrected chi connectivity index (χ0v) is 50.6. The van der Waals surface area contributed by atoms with E-state index in [0.717, 1.165) is 104 Å². The number of hydrogen-bond acceptors (Lipinski definition) is 23. The molecule has 11 rings (SSSR count). The third-order valence-corrected chi connectivity index (χ3v) is 14.9. The number of aromatic amines is 2. The number of hydrogen-bond donors (Lipinski definition) is 2. The first-order chi connectivity index (χ1) is 44.3. The van der Waals surface area contributed by atoms with Crippen molar-refractivity contribution in [3.63, 3.8) is 0 Å². The van der Waals surface area contributed by atoms with Crippen molar-refractivity contribution in [2.24, 2.45) is 0 Å². The van der Waals surface area contributed by atoms with Crippen molar-refractivity contribution in [3.05, 3.63) is 145 Å². The molecular weight excluding hydrogens is 1190 g/mol. The van der Waals surface area contributed by atoms with E-state index in [1.54, 1.807) is 61.4 Å². The highest BCUT2D eigenvalue weighted by atomic mass is 16.8. The summed E-state index contributed by atoms with van der Waals surface area (Å²) in [5.41, 5.74) is 12.0. The first-order valence-electron chi connectivity index (χ1n) is 29.1. The standard InChI is InChI=1S/C67H61N7O18/c1-34(75)82-32-54-60(84-36(3)77)62(85-37(4)78)65(88-40(7)81)67(91-54)92-61-55(33-83-35(2)76)90-66(64(87-39(6)80)63(61)86-38(5)79)89-45-10-8-41(9-11-45)56-46-12-14-48(71-46)57(42-20-26-68-27-21-42)50-16-18-52(73-50)59(44-24-30-70-31-25-44)53-19-17-51(74-53)58(43-22-28-69-29-23-43)49-15-13-47(56)72-49/h8-31,54-55,60-67,71,74H,32-33H2,1-7H3/t54-,55-,60-,61-,62+,63+,64-,65-,66-,67-/m1/s1. The van der Waals surface area contributed by atoms with Gasteiger partial charge in [-0.2, -0.15) is 0 Å². The molecule has 10 heterocycles. The van der Waals surface area contributed by atoms with Crippen LogP contribution < -0.4 is 4.74 Å². The molecule has 92 heavy (non-hydrogen) atoms. The van der Waals surface area contributed by atoms with Crippen molar-refractivity contribution in [2.45, 2.75) is 110 Å². The van der Waals surface area contributed by atoms with Gasteiger partial charge in [0, 0.05) is 130 Å². The second-order valence-electron chi connectivity index (χ2n) is 21.5. The number of fused-ring (bicyclic) bond motifs is 8. The molecular formula is C67H61N7O18. The van der Waals surface area contributed by atoms with E-state index < -0.39 is 116 Å². The van der Waals surface area contributed by atoms with E-state index in [0.29, 0.717) is 33.7 Å². The third-order valence-electron chi connectivity index (χ3n) is 14.9. The van der Waals surface area contributed by atoms with Crippen molar-refractivity contribution in [3.8, 4) is 50.3 Å². The zero-order chi connectivity index (χ0) is 64.7. The molecule has 0 radical (unpaired) electrons. The monoisotopic (exact) mass is 1250 g/mol. The molecule has 25 nitrogen and oxygen atoms in total. The molecule has 0 amide bonds. The predicted octanol–water partition coefficient (Wildman–Crippen LogP) is 8.51. The lowest BCUT2D eigenvalue weighted by molar-refractivity contribution is -0.354. The topological polar surface area (TPSA) is 317 Å². The van der Waals surface area contributed by atoms with Crippen LogP contribution in [0.2, 0.25) is 0 Å². The Morgan fingerprint density at radius 2 is 0.685 bits per heavy atom. The van der Waals surface area contributed by atoms with E-state index in [2.05, 4.69) is 24.9 Å². The fourth-order valence-electron chi connectivity index (χ4n) is 11.4. The van der Waals surface area contributed by atoms with E-state index in [1.165, 1.54) is 0 Å². The molecule has 25 heteroatoms. The molecule has 2 saturated heterocycles. The van der Waals surface area contributed by atoms with Gasteiger partial charge in [-0.1, -0.05) is 12.1 Å². The van der Waals surface area contributed by atoms with Crippen LogP contribution in [0.3, 0.4) is 0 Å². The van der Waals surface area contributed by atoms with Gasteiger partial charge in [-0.05, 0) is 119 Å². The van der Waals surface area contributed by atoms with Gasteiger partial charge in [-0.15, -0.1) is 0 Å². The van der Waals surface area contributed by atoms with E-state index in [1.807, 2.05) is 85.0 Å². The molecule has 472 valence electrons. The van der Waals surface area contributed by atoms with Gasteiger partial charge in [-0.25, -0.2) is 9.97 Å². The van der Waals surface area contributed by atoms with Gasteiger partial charge in [0.25, 0.3) is 0 Å². The van der Waals surface area contributed by atoms with Crippen LogP contribution in [-0.2, 0) is 80.9 Å². The maximum absolute atomic E-state index is 13.2. The number of carbonyl (C=O) groups is 7. The Balaban J connectivity index is 1.02. The van der Waals surface area contributed by atoms with Crippen LogP contribution in [0.4, 0.5) is 0 Å². The third kappa shape index (κ3) is 14.1. The Morgan fingerprint density at radius 3 is 1.05 bits per heavy atom. The fraction of sp³-hybridized carbons (Fsp3) is 0.284. The summed E-state index contributed by atoms with van der Waals surface area (Å²) in [6.07, 6.45) is 1.63. The SMILES string of the molecule is CC(=O)OC[C@H]1O[C@H](O[C@H]2[C@H](OC(C)=O)[C@@H](OC(C)=O)[C@H](Oc3ccc(-c4c5nc(c(-c6ccncc6)c6ccc([nH]6)c(-c6ccncc6)c6nc(c(-c7ccncc7)c7ccc4[nH]7)C=C6)C=C5)cc3)O[C@@H]2COC(C)=O)[C@H](OC(C)=O)[C@@H](OC(C)=O)[C@@H]1OC(C)=O. The van der Waals surface area contributed by atoms with Gasteiger partial charge in [0.2, 0.25) is 12.4 Å². The molecule has 0 aliphatic carbocycles. The van der Waals surface area contributed by atoms with Crippen LogP contribution in [0.15, 0.2) is 122 Å². The minimum atomic E-state index is -1.88. The average Bonchev–Trinajstić information content (AvgIpc) is 1.05. The van der Waals surface area contributed by atoms with E-state index in [9.17, 15) is 33.6 Å². The number of nitrogens with one attached hydrogen (secondary N) is 2. The van der Waals surface area contributed by atoms with Crippen LogP contribution >= 0.6 is 0 Å². The first-order valence-corrected chi connectivity index (χ1v) is 29.1. The van der Waals surface area contributed by atoms with E-state index in [-0.39, 0.29) is 5.75 Å². The number of benzene rings is 1. The van der Waals surface area contributed by atoms with Gasteiger partial charge in [0.15, 0.2) is 30.7 Å². The maximum Gasteiger partial charge on any atom is 0.303 e. The largest absolute Gasteiger partial charge is 0.463 e. The normalized spacial score (nSPS) is 21.5. The summed E-state index contributed by atoms with van der Waals surface area (Å²) in [6.45, 7) is 6.30. The van der Waals surface area contributed by atoms with Crippen molar-refractivity contribution < 1.29 is 85.7 Å². The molecule has 10 atom stereocenters. The van der Waals surface area contributed by atoms with E-state index in [4.69, 9.17) is 62.1 Å². The van der Waals surface area contributed by atoms with Gasteiger partial charge in [0.1, 0.15) is 37.3 Å². The zero-order valence-electron chi connectivity index (χ0n) is 50.6. The summed E-state index contributed by atoms with van der Waals surface area (Å²) in [5, 5.41) is 0. The molecule has 4 aliphatic rings. The number of nitrogens with zero attached hydrogens (tertiary/aromatic N) is 5. The summed E-state index contributed by atoms with van der Waals surface area (Å²) in [6, 6.07) is 26.4. The first kappa shape index (κ1) is 62.8. The lowest BCUT2D eigenvalue weighted by Crippen LogP contribution is -2.67. The number of esters is 7. The highest BCUT2D eigenvalue weighted by molar-refractivity contribution is 6.00. The van der Waals surface area contributed by atoms with Gasteiger partial charge >= 0.3 is 41.8 Å². The Bertz CT molecular complexity index is 4160. The minimum absolute atomic E-state index is 0.144. The Morgan fingerprint density at radius 1 is 0.370 bits per heavy atom. The Labute approximate surface area is 525 Å². The smallest absolute Gasteiger partial charge is 0.303 e. The quantitative estimate of drug-likeness (QED) is 0.0637. The predicted molar refractivity (Wildman–Crippen MR) is 328 cm³/mol. The Kier molecular flexibility index (Phi) is 18.8. The van der Waals surface area contributed by atoms with Crippen LogP contribution in [0, 0.1) is 0 Å². The molecule has 7 aromatic rings. The number of rotatable bonds is 17. The fourth-order valence-corrected chi connectivity index (χ4v) is 11.4. The molecule has 8 bridgehead atoms. The van der Waals surface area contributed by atoms with E-state index >= 15 is 0 Å². The molecule has 2 fully saturated rings. The molecule has 4 aliphatic heterocycles. The second-order valence-corrected chi connectivity index (χ2v) is 21.5. The number of carbonyl (C=O) groups excluding carboxylic acids is 7. The molecule has 0 spiro atoms. The molecule has 2 N–H and O–H groups in total. The highest BCUT2D eigenvalue weighted by Gasteiger charge is 2.58. The summed E-state index contributed by atoms with van der Waals surface area (Å²) >= 11 is 0. The van der Waals surface area contributed by atoms with Gasteiger partial charge < -0.3 is 62.1 Å². The average molecular weight is 1250 g/mol. The lowest BCUT2D eigenvalue weighted by atomic mass is 9.96. The number of pyridine rings is 3. The van der Waals surface area contributed by atoms with Crippen molar-refractivity contribution >= 4 is 88.2 Å². The van der Waals surface area contributed by atoms with Crippen LogP contribution in [-0.4, -0.2) is 151 Å². The molecule has 0 saturated carbocycles. The highest BCUT2D eigenvalue weighted by Crippen LogP contribution is 2.41. The lowest BCUT2D eigenvalue weighted by Gasteiger charge is -2.48. The number of H-pyrrole nitrogens is 2. The summed E-state index contributed by atoms with van der Waals surface area (Å²) < 4.78 is 65.2. The van der Waals surface area contributed by atoms with Crippen molar-refractivity contribution in [2.75, 3.05) is 13.2 Å². The summed E-state index contributed by atoms with van der Waals surface area (Å²) in [5.74, 6) is -5.95. The number of ether oxygens (including phenoxy) is 11. The number of aromatic nitrogens is 7. The Hall–Kier alpha value is -10.8. The van der Waals surface area contributed by atoms with Crippen LogP contribution in [0.5, 0.6) is 5.75 Å². The minimum Gasteiger partial charge on any atom is -0.463 e. The molecule has 6 aromatic heterocycles. The van der Waals surface area contributed by atoms with Crippen molar-refractivity contribution in [1.29, 1.82) is 0 Å². The molecule has 1 aromatic carbocycles. The molecule has 0 unspecified atom stereocenters. The van der Waals surface area contributed by atoms with Gasteiger partial charge in [0.05, 0.1) is 22.8 Å². The second kappa shape index (κ2) is 27.5. The van der Waals surface area contributed by atoms with Crippen LogP contribution in [0.1, 0.15) is 71.2 Å².